The second kappa shape index (κ2) is 8.19. The molecule has 0 atom stereocenters. The van der Waals surface area contributed by atoms with Crippen molar-refractivity contribution in [3.05, 3.63) is 77.7 Å². The van der Waals surface area contributed by atoms with Crippen molar-refractivity contribution in [2.45, 2.75) is 6.42 Å². The second-order valence-corrected chi connectivity index (χ2v) is 8.54. The van der Waals surface area contributed by atoms with Crippen LogP contribution in [0.25, 0.3) is 10.1 Å². The van der Waals surface area contributed by atoms with Crippen LogP contribution in [-0.2, 0) is 21.5 Å². The van der Waals surface area contributed by atoms with Gasteiger partial charge in [0.15, 0.2) is 0 Å². The van der Waals surface area contributed by atoms with E-state index in [1.807, 2.05) is 5.38 Å². The SMILES string of the molecule is N#Cc1ccc(N(C(=O)Cc2csc3cc(OS(N)(=O)=O)ccc23)n2ccnc2)cc1. The molecule has 4 rings (SSSR count). The topological polar surface area (TPSA) is 131 Å². The molecule has 2 heterocycles. The largest absolute Gasteiger partial charge is 0.380 e. The van der Waals surface area contributed by atoms with E-state index in [0.717, 1.165) is 15.6 Å². The standard InChI is InChI=1S/C20H15N5O4S2/c21-11-14-1-3-16(4-2-14)25(24-8-7-23-13-24)20(26)9-15-12-30-19-10-17(5-6-18(15)19)29-31(22,27)28/h1-8,10,12-13H,9H2,(H2,22,27,28). The summed E-state index contributed by atoms with van der Waals surface area (Å²) in [6, 6.07) is 13.5. The number of rotatable bonds is 6. The molecular weight excluding hydrogens is 438 g/mol. The highest BCUT2D eigenvalue weighted by Gasteiger charge is 2.20. The zero-order valence-corrected chi connectivity index (χ0v) is 17.5. The van der Waals surface area contributed by atoms with E-state index in [9.17, 15) is 13.2 Å². The van der Waals surface area contributed by atoms with Crippen LogP contribution in [0.1, 0.15) is 11.1 Å². The molecule has 0 aliphatic carbocycles. The Labute approximate surface area is 181 Å². The molecule has 1 amide bonds. The van der Waals surface area contributed by atoms with Crippen LogP contribution in [0.15, 0.2) is 66.6 Å². The van der Waals surface area contributed by atoms with Gasteiger partial charge in [0.05, 0.1) is 23.7 Å². The number of hydrogen-bond acceptors (Lipinski definition) is 7. The minimum atomic E-state index is -4.12. The molecule has 0 bridgehead atoms. The molecule has 0 fully saturated rings. The summed E-state index contributed by atoms with van der Waals surface area (Å²) in [5.74, 6) is -0.111. The average Bonchev–Trinajstić information content (AvgIpc) is 3.38. The van der Waals surface area contributed by atoms with Gasteiger partial charge in [-0.25, -0.2) is 14.7 Å². The monoisotopic (exact) mass is 453 g/mol. The molecule has 2 N–H and O–H groups in total. The summed E-state index contributed by atoms with van der Waals surface area (Å²) >= 11 is 1.36. The van der Waals surface area contributed by atoms with Gasteiger partial charge in [0, 0.05) is 17.1 Å². The molecule has 9 nitrogen and oxygen atoms in total. The zero-order valence-electron chi connectivity index (χ0n) is 15.9. The maximum atomic E-state index is 13.3. The summed E-state index contributed by atoms with van der Waals surface area (Å²) in [6.07, 6.45) is 4.82. The summed E-state index contributed by atoms with van der Waals surface area (Å²) in [5, 5.41) is 18.1. The fourth-order valence-corrected chi connectivity index (χ4v) is 4.44. The summed E-state index contributed by atoms with van der Waals surface area (Å²) in [4.78, 5) is 17.3. The van der Waals surface area contributed by atoms with Crippen LogP contribution in [0, 0.1) is 11.3 Å². The summed E-state index contributed by atoms with van der Waals surface area (Å²) in [7, 11) is -4.12. The van der Waals surface area contributed by atoms with E-state index < -0.39 is 10.3 Å². The second-order valence-electron chi connectivity index (χ2n) is 6.48. The lowest BCUT2D eigenvalue weighted by molar-refractivity contribution is -0.118. The van der Waals surface area contributed by atoms with Crippen molar-refractivity contribution in [3.8, 4) is 11.8 Å². The summed E-state index contributed by atoms with van der Waals surface area (Å²) in [5.41, 5.74) is 1.86. The highest BCUT2D eigenvalue weighted by molar-refractivity contribution is 7.84. The molecule has 0 radical (unpaired) electrons. The lowest BCUT2D eigenvalue weighted by Gasteiger charge is -2.23. The third-order valence-corrected chi connectivity index (χ3v) is 5.80. The van der Waals surface area contributed by atoms with Crippen molar-refractivity contribution in [2.24, 2.45) is 5.14 Å². The fraction of sp³-hybridized carbons (Fsp3) is 0.0500. The molecule has 0 spiro atoms. The molecule has 4 aromatic rings. The Morgan fingerprint density at radius 2 is 2.03 bits per heavy atom. The van der Waals surface area contributed by atoms with Gasteiger partial charge in [0.25, 0.3) is 5.91 Å². The van der Waals surface area contributed by atoms with Gasteiger partial charge in [0.1, 0.15) is 12.1 Å². The van der Waals surface area contributed by atoms with E-state index in [1.54, 1.807) is 53.5 Å². The Bertz CT molecular complexity index is 1390. The number of nitrogens with two attached hydrogens (primary N) is 1. The third-order valence-electron chi connectivity index (χ3n) is 4.38. The highest BCUT2D eigenvalue weighted by Crippen LogP contribution is 2.31. The Hall–Kier alpha value is -3.72. The lowest BCUT2D eigenvalue weighted by atomic mass is 10.1. The summed E-state index contributed by atoms with van der Waals surface area (Å²) in [6.45, 7) is 0. The Kier molecular flexibility index (Phi) is 5.43. The van der Waals surface area contributed by atoms with Gasteiger partial charge in [-0.05, 0) is 58.8 Å². The number of nitriles is 1. The molecule has 156 valence electrons. The number of hydrogen-bond donors (Lipinski definition) is 1. The van der Waals surface area contributed by atoms with Gasteiger partial charge < -0.3 is 4.18 Å². The first kappa shape index (κ1) is 20.5. The minimum absolute atomic E-state index is 0.0908. The minimum Gasteiger partial charge on any atom is -0.371 e. The average molecular weight is 454 g/mol. The van der Waals surface area contributed by atoms with Crippen molar-refractivity contribution >= 4 is 43.3 Å². The number of fused-ring (bicyclic) bond motifs is 1. The maximum absolute atomic E-state index is 13.3. The normalized spacial score (nSPS) is 11.2. The molecule has 2 aromatic carbocycles. The predicted octanol–water partition coefficient (Wildman–Crippen LogP) is 2.59. The van der Waals surface area contributed by atoms with Crippen LogP contribution in [0.3, 0.4) is 0 Å². The first-order chi connectivity index (χ1) is 14.8. The number of carbonyl (C=O) groups is 1. The van der Waals surface area contributed by atoms with Crippen molar-refractivity contribution < 1.29 is 17.4 Å². The fourth-order valence-electron chi connectivity index (χ4n) is 3.08. The molecule has 0 saturated carbocycles. The lowest BCUT2D eigenvalue weighted by Crippen LogP contribution is -2.36. The molecule has 0 aliphatic heterocycles. The van der Waals surface area contributed by atoms with Gasteiger partial charge in [-0.2, -0.15) is 18.8 Å². The predicted molar refractivity (Wildman–Crippen MR) is 116 cm³/mol. The van der Waals surface area contributed by atoms with Crippen molar-refractivity contribution in [2.75, 3.05) is 5.01 Å². The van der Waals surface area contributed by atoms with Gasteiger partial charge in [-0.1, -0.05) is 0 Å². The number of amides is 1. The van der Waals surface area contributed by atoms with E-state index in [0.29, 0.717) is 11.3 Å². The third kappa shape index (κ3) is 4.56. The van der Waals surface area contributed by atoms with Crippen LogP contribution in [-0.4, -0.2) is 24.0 Å². The first-order valence-corrected chi connectivity index (χ1v) is 11.2. The van der Waals surface area contributed by atoms with Crippen molar-refractivity contribution in [3.63, 3.8) is 0 Å². The number of carbonyl (C=O) groups excluding carboxylic acids is 1. The van der Waals surface area contributed by atoms with E-state index in [-0.39, 0.29) is 18.1 Å². The van der Waals surface area contributed by atoms with Crippen molar-refractivity contribution in [1.82, 2.24) is 9.66 Å². The molecule has 0 unspecified atom stereocenters. The van der Waals surface area contributed by atoms with E-state index >= 15 is 0 Å². The van der Waals surface area contributed by atoms with Crippen molar-refractivity contribution in [1.29, 1.82) is 5.26 Å². The number of imidazole rings is 1. The van der Waals surface area contributed by atoms with Crippen LogP contribution in [0.2, 0.25) is 0 Å². The van der Waals surface area contributed by atoms with Gasteiger partial charge in [0.2, 0.25) is 0 Å². The zero-order chi connectivity index (χ0) is 22.0. The maximum Gasteiger partial charge on any atom is 0.380 e. The van der Waals surface area contributed by atoms with Crippen LogP contribution < -0.4 is 14.3 Å². The molecule has 0 saturated heterocycles. The van der Waals surface area contributed by atoms with E-state index in [4.69, 9.17) is 14.6 Å². The van der Waals surface area contributed by atoms with Gasteiger partial charge >= 0.3 is 10.3 Å². The number of aromatic nitrogens is 2. The molecule has 0 aliphatic rings. The molecule has 31 heavy (non-hydrogen) atoms. The number of anilines is 1. The van der Waals surface area contributed by atoms with Crippen LogP contribution in [0.5, 0.6) is 5.75 Å². The highest BCUT2D eigenvalue weighted by atomic mass is 32.2. The van der Waals surface area contributed by atoms with Crippen LogP contribution >= 0.6 is 11.3 Å². The summed E-state index contributed by atoms with van der Waals surface area (Å²) < 4.78 is 29.3. The quantitative estimate of drug-likeness (QED) is 0.477. The smallest absolute Gasteiger partial charge is 0.371 e. The Morgan fingerprint density at radius 1 is 1.26 bits per heavy atom. The number of thiophene rings is 1. The van der Waals surface area contributed by atoms with Gasteiger partial charge in [-0.15, -0.1) is 11.3 Å². The van der Waals surface area contributed by atoms with E-state index in [2.05, 4.69) is 11.1 Å². The molecule has 2 aromatic heterocycles. The Balaban J connectivity index is 1.64. The first-order valence-electron chi connectivity index (χ1n) is 8.88. The van der Waals surface area contributed by atoms with Crippen LogP contribution in [0.4, 0.5) is 5.69 Å². The Morgan fingerprint density at radius 3 is 2.68 bits per heavy atom. The van der Waals surface area contributed by atoms with Gasteiger partial charge in [-0.3, -0.25) is 4.79 Å². The number of benzene rings is 2. The van der Waals surface area contributed by atoms with E-state index in [1.165, 1.54) is 28.7 Å². The number of nitrogens with zero attached hydrogens (tertiary/aromatic N) is 4. The molecular formula is C20H15N5O4S2. The molecule has 11 heteroatoms.